The van der Waals surface area contributed by atoms with Gasteiger partial charge in [-0.05, 0) is 82.9 Å². The van der Waals surface area contributed by atoms with Crippen LogP contribution in [0.5, 0.6) is 5.75 Å². The van der Waals surface area contributed by atoms with Crippen LogP contribution < -0.4 is 15.4 Å². The van der Waals surface area contributed by atoms with E-state index in [1.54, 1.807) is 18.5 Å². The Labute approximate surface area is 239 Å². The van der Waals surface area contributed by atoms with Crippen molar-refractivity contribution in [3.63, 3.8) is 0 Å². The molecule has 1 fully saturated rings. The monoisotopic (exact) mass is 589 g/mol. The van der Waals surface area contributed by atoms with Gasteiger partial charge in [0, 0.05) is 47.5 Å². The van der Waals surface area contributed by atoms with Gasteiger partial charge in [-0.1, -0.05) is 49.4 Å². The van der Waals surface area contributed by atoms with Gasteiger partial charge in [0.15, 0.2) is 0 Å². The maximum Gasteiger partial charge on any atom is 0.244 e. The lowest BCUT2D eigenvalue weighted by Crippen LogP contribution is -2.52. The highest BCUT2D eigenvalue weighted by molar-refractivity contribution is 9.10. The molecule has 7 heteroatoms. The van der Waals surface area contributed by atoms with E-state index in [1.165, 1.54) is 18.1 Å². The first-order valence-corrected chi connectivity index (χ1v) is 14.6. The molecule has 1 aliphatic carbocycles. The third kappa shape index (κ3) is 6.96. The highest BCUT2D eigenvalue weighted by Gasteiger charge is 2.45. The Morgan fingerprint density at radius 1 is 1.18 bits per heavy atom. The number of hydrogen-bond donors (Lipinski definition) is 3. The van der Waals surface area contributed by atoms with Crippen molar-refractivity contribution in [2.45, 2.75) is 69.2 Å². The van der Waals surface area contributed by atoms with E-state index in [9.17, 15) is 9.90 Å². The summed E-state index contributed by atoms with van der Waals surface area (Å²) < 4.78 is 7.31. The van der Waals surface area contributed by atoms with E-state index in [2.05, 4.69) is 56.7 Å². The number of nitrogens with one attached hydrogen (secondary N) is 2. The van der Waals surface area contributed by atoms with Crippen molar-refractivity contribution in [2.24, 2.45) is 0 Å². The van der Waals surface area contributed by atoms with E-state index in [1.807, 2.05) is 36.4 Å². The Kier molecular flexibility index (Phi) is 8.80. The first-order valence-electron chi connectivity index (χ1n) is 13.8. The number of carbonyl (C=O) groups excluding carboxylic acids is 1. The number of fused-ring (bicyclic) bond motifs is 1. The molecule has 2 aromatic carbocycles. The zero-order valence-electron chi connectivity index (χ0n) is 22.3. The van der Waals surface area contributed by atoms with Crippen LogP contribution in [0.2, 0.25) is 0 Å². The summed E-state index contributed by atoms with van der Waals surface area (Å²) in [6.45, 7) is 2.51. The second-order valence-corrected chi connectivity index (χ2v) is 11.6. The summed E-state index contributed by atoms with van der Waals surface area (Å²) in [5.41, 5.74) is 4.20. The number of aromatic nitrogens is 1. The SMILES string of the molecule is CCc1ccc2c(c1)[C@@H](NC[C@@H](O)[C@H](Cc1ccccc1)NC(=O)/C=C/c1cncc(Br)c1)CC1(CCC1)O2. The second-order valence-electron chi connectivity index (χ2n) is 10.7. The fraction of sp³-hybridized carbons (Fsp3) is 0.375. The zero-order valence-corrected chi connectivity index (χ0v) is 23.9. The molecule has 39 heavy (non-hydrogen) atoms. The molecule has 1 spiro atoms. The number of pyridine rings is 1. The van der Waals surface area contributed by atoms with Crippen molar-refractivity contribution >= 4 is 27.9 Å². The molecule has 3 N–H and O–H groups in total. The average Bonchev–Trinajstić information content (AvgIpc) is 2.93. The van der Waals surface area contributed by atoms with Gasteiger partial charge in [-0.3, -0.25) is 9.78 Å². The standard InChI is InChI=1S/C32H36BrN3O3/c1-2-22-9-11-30-26(16-22)28(18-32(39-30)13-6-14-32)35-21-29(37)27(17-23-7-4-3-5-8-23)36-31(38)12-10-24-15-25(33)20-34-19-24/h3-5,7-12,15-16,19-20,27-29,35,37H,2,6,13-14,17-18,21H2,1H3,(H,36,38)/b12-10+/t27-,28-,29+/m0/s1. The Balaban J connectivity index is 1.29. The lowest BCUT2D eigenvalue weighted by atomic mass is 9.72. The summed E-state index contributed by atoms with van der Waals surface area (Å²) in [5.74, 6) is 0.693. The van der Waals surface area contributed by atoms with E-state index in [0.717, 1.165) is 52.6 Å². The molecule has 0 bridgehead atoms. The molecule has 2 heterocycles. The van der Waals surface area contributed by atoms with Crippen LogP contribution in [0, 0.1) is 0 Å². The van der Waals surface area contributed by atoms with Crippen molar-refractivity contribution in [3.05, 3.63) is 99.8 Å². The van der Waals surface area contributed by atoms with Crippen molar-refractivity contribution in [1.29, 1.82) is 0 Å². The summed E-state index contributed by atoms with van der Waals surface area (Å²) >= 11 is 3.40. The van der Waals surface area contributed by atoms with Crippen molar-refractivity contribution < 1.29 is 14.6 Å². The van der Waals surface area contributed by atoms with E-state index in [0.29, 0.717) is 13.0 Å². The summed E-state index contributed by atoms with van der Waals surface area (Å²) in [7, 11) is 0. The number of nitrogens with zero attached hydrogens (tertiary/aromatic N) is 1. The van der Waals surface area contributed by atoms with E-state index < -0.39 is 12.1 Å². The van der Waals surface area contributed by atoms with E-state index >= 15 is 0 Å². The fourth-order valence-electron chi connectivity index (χ4n) is 5.48. The van der Waals surface area contributed by atoms with Crippen LogP contribution in [0.3, 0.4) is 0 Å². The number of rotatable bonds is 10. The molecule has 3 aromatic rings. The van der Waals surface area contributed by atoms with Gasteiger partial charge in [-0.25, -0.2) is 0 Å². The lowest BCUT2D eigenvalue weighted by molar-refractivity contribution is -0.117. The van der Waals surface area contributed by atoms with Gasteiger partial charge in [0.2, 0.25) is 5.91 Å². The van der Waals surface area contributed by atoms with Gasteiger partial charge < -0.3 is 20.5 Å². The van der Waals surface area contributed by atoms with Crippen molar-refractivity contribution in [2.75, 3.05) is 6.54 Å². The van der Waals surface area contributed by atoms with Gasteiger partial charge in [-0.2, -0.15) is 0 Å². The van der Waals surface area contributed by atoms with Crippen LogP contribution >= 0.6 is 15.9 Å². The van der Waals surface area contributed by atoms with Crippen LogP contribution in [0.25, 0.3) is 6.08 Å². The molecule has 3 atom stereocenters. The first-order chi connectivity index (χ1) is 18.9. The minimum Gasteiger partial charge on any atom is -0.487 e. The number of aliphatic hydroxyl groups excluding tert-OH is 1. The molecule has 0 saturated heterocycles. The van der Waals surface area contributed by atoms with Crippen LogP contribution in [-0.2, 0) is 17.6 Å². The van der Waals surface area contributed by atoms with E-state index in [-0.39, 0.29) is 17.6 Å². The molecule has 2 aliphatic rings. The molecule has 1 aromatic heterocycles. The Hall–Kier alpha value is -3.00. The topological polar surface area (TPSA) is 83.5 Å². The minimum absolute atomic E-state index is 0.0900. The van der Waals surface area contributed by atoms with Gasteiger partial charge in [0.1, 0.15) is 11.4 Å². The van der Waals surface area contributed by atoms with Crippen LogP contribution in [0.4, 0.5) is 0 Å². The second kappa shape index (κ2) is 12.5. The Morgan fingerprint density at radius 3 is 2.72 bits per heavy atom. The van der Waals surface area contributed by atoms with Gasteiger partial charge in [-0.15, -0.1) is 0 Å². The van der Waals surface area contributed by atoms with Crippen LogP contribution in [0.1, 0.15) is 60.9 Å². The van der Waals surface area contributed by atoms with Crippen LogP contribution in [0.15, 0.2) is 77.5 Å². The fourth-order valence-corrected chi connectivity index (χ4v) is 5.86. The van der Waals surface area contributed by atoms with E-state index in [4.69, 9.17) is 4.74 Å². The number of aryl methyl sites for hydroxylation is 1. The summed E-state index contributed by atoms with van der Waals surface area (Å²) in [5, 5.41) is 18.1. The van der Waals surface area contributed by atoms with Gasteiger partial charge >= 0.3 is 0 Å². The Morgan fingerprint density at radius 2 is 2.00 bits per heavy atom. The number of benzene rings is 2. The number of hydrogen-bond acceptors (Lipinski definition) is 5. The normalized spacial score (nSPS) is 19.1. The lowest BCUT2D eigenvalue weighted by Gasteiger charge is -2.48. The number of halogens is 1. The van der Waals surface area contributed by atoms with Crippen molar-refractivity contribution in [1.82, 2.24) is 15.6 Å². The number of amides is 1. The molecule has 1 aliphatic heterocycles. The quantitative estimate of drug-likeness (QED) is 0.270. The maximum atomic E-state index is 12.9. The Bertz CT molecular complexity index is 1310. The number of ether oxygens (including phenoxy) is 1. The number of carbonyl (C=O) groups is 1. The molecule has 0 radical (unpaired) electrons. The average molecular weight is 591 g/mol. The molecular formula is C32H36BrN3O3. The predicted octanol–water partition coefficient (Wildman–Crippen LogP) is 5.54. The molecule has 0 unspecified atom stereocenters. The molecule has 204 valence electrons. The number of aliphatic hydroxyl groups is 1. The minimum atomic E-state index is -0.784. The highest BCUT2D eigenvalue weighted by Crippen LogP contribution is 2.49. The van der Waals surface area contributed by atoms with Gasteiger partial charge in [0.25, 0.3) is 0 Å². The third-order valence-corrected chi connectivity index (χ3v) is 8.28. The first kappa shape index (κ1) is 27.6. The maximum absolute atomic E-state index is 12.9. The third-order valence-electron chi connectivity index (χ3n) is 7.84. The molecule has 1 saturated carbocycles. The smallest absolute Gasteiger partial charge is 0.244 e. The summed E-state index contributed by atoms with van der Waals surface area (Å²) in [6, 6.07) is 17.9. The molecule has 1 amide bonds. The predicted molar refractivity (Wildman–Crippen MR) is 157 cm³/mol. The summed E-state index contributed by atoms with van der Waals surface area (Å²) in [4.78, 5) is 17.0. The zero-order chi connectivity index (χ0) is 27.2. The highest BCUT2D eigenvalue weighted by atomic mass is 79.9. The summed E-state index contributed by atoms with van der Waals surface area (Å²) in [6.07, 6.45) is 11.5. The van der Waals surface area contributed by atoms with Crippen LogP contribution in [-0.4, -0.2) is 40.3 Å². The molecule has 6 nitrogen and oxygen atoms in total. The molecular weight excluding hydrogens is 554 g/mol. The molecule has 5 rings (SSSR count). The largest absolute Gasteiger partial charge is 0.487 e. The van der Waals surface area contributed by atoms with Crippen molar-refractivity contribution in [3.8, 4) is 5.75 Å². The van der Waals surface area contributed by atoms with Gasteiger partial charge in [0.05, 0.1) is 12.1 Å².